The van der Waals surface area contributed by atoms with Crippen LogP contribution in [0.4, 0.5) is 0 Å². The lowest BCUT2D eigenvalue weighted by Gasteiger charge is -2.22. The van der Waals surface area contributed by atoms with E-state index >= 15 is 0 Å². The quantitative estimate of drug-likeness (QED) is 0.566. The van der Waals surface area contributed by atoms with Crippen LogP contribution in [0.1, 0.15) is 15.2 Å². The molecule has 0 aliphatic carbocycles. The van der Waals surface area contributed by atoms with E-state index in [1.807, 2.05) is 41.8 Å². The van der Waals surface area contributed by atoms with E-state index in [9.17, 15) is 4.79 Å². The summed E-state index contributed by atoms with van der Waals surface area (Å²) in [5, 5.41) is 3.22. The van der Waals surface area contributed by atoms with Crippen LogP contribution in [0.5, 0.6) is 5.75 Å². The molecular weight excluding hydrogens is 372 g/mol. The number of carbonyl (C=O) groups excluding carboxylic acids is 1. The SMILES string of the molecule is COCCN(Cc1cc2ccc(OC)cc2nc1Cl)C(=O)c1cccs1. The topological polar surface area (TPSA) is 51.7 Å². The van der Waals surface area contributed by atoms with Crippen molar-refractivity contribution in [3.63, 3.8) is 0 Å². The molecule has 0 aliphatic heterocycles. The molecule has 2 aromatic heterocycles. The molecule has 0 N–H and O–H groups in total. The minimum absolute atomic E-state index is 0.0389. The standard InChI is InChI=1S/C19H19ClN2O3S/c1-24-8-7-22(19(23)17-4-3-9-26-17)12-14-10-13-5-6-15(25-2)11-16(13)21-18(14)20/h3-6,9-11H,7-8,12H2,1-2H3. The Morgan fingerprint density at radius 3 is 2.81 bits per heavy atom. The molecule has 0 saturated heterocycles. The van der Waals surface area contributed by atoms with Crippen LogP contribution >= 0.6 is 22.9 Å². The molecule has 136 valence electrons. The Bertz CT molecular complexity index is 899. The van der Waals surface area contributed by atoms with Crippen LogP contribution in [-0.2, 0) is 11.3 Å². The second-order valence-corrected chi connectivity index (χ2v) is 7.00. The molecule has 0 fully saturated rings. The number of fused-ring (bicyclic) bond motifs is 1. The predicted octanol–water partition coefficient (Wildman–Crippen LogP) is 4.25. The third-order valence-corrected chi connectivity index (χ3v) is 5.18. The maximum Gasteiger partial charge on any atom is 0.264 e. The van der Waals surface area contributed by atoms with Crippen molar-refractivity contribution in [1.29, 1.82) is 0 Å². The van der Waals surface area contributed by atoms with Gasteiger partial charge in [-0.15, -0.1) is 11.3 Å². The number of aromatic nitrogens is 1. The van der Waals surface area contributed by atoms with Crippen LogP contribution in [0.15, 0.2) is 41.8 Å². The fourth-order valence-electron chi connectivity index (χ4n) is 2.62. The fourth-order valence-corrected chi connectivity index (χ4v) is 3.52. The number of amides is 1. The highest BCUT2D eigenvalue weighted by molar-refractivity contribution is 7.12. The first-order valence-electron chi connectivity index (χ1n) is 8.07. The van der Waals surface area contributed by atoms with Gasteiger partial charge in [-0.3, -0.25) is 4.79 Å². The highest BCUT2D eigenvalue weighted by Crippen LogP contribution is 2.26. The second kappa shape index (κ2) is 8.49. The van der Waals surface area contributed by atoms with Crippen molar-refractivity contribution in [3.8, 4) is 5.75 Å². The van der Waals surface area contributed by atoms with Crippen molar-refractivity contribution in [2.24, 2.45) is 0 Å². The summed E-state index contributed by atoms with van der Waals surface area (Å²) in [6.07, 6.45) is 0. The van der Waals surface area contributed by atoms with Crippen molar-refractivity contribution in [3.05, 3.63) is 57.4 Å². The van der Waals surface area contributed by atoms with Crippen molar-refractivity contribution < 1.29 is 14.3 Å². The molecule has 0 bridgehead atoms. The van der Waals surface area contributed by atoms with E-state index in [0.29, 0.717) is 29.7 Å². The number of methoxy groups -OCH3 is 2. The lowest BCUT2D eigenvalue weighted by atomic mass is 10.1. The average molecular weight is 391 g/mol. The first kappa shape index (κ1) is 18.6. The van der Waals surface area contributed by atoms with Gasteiger partial charge in [0.2, 0.25) is 0 Å². The molecule has 0 spiro atoms. The second-order valence-electron chi connectivity index (χ2n) is 5.69. The lowest BCUT2D eigenvalue weighted by Crippen LogP contribution is -2.33. The van der Waals surface area contributed by atoms with E-state index in [0.717, 1.165) is 22.2 Å². The summed E-state index contributed by atoms with van der Waals surface area (Å²) in [5.74, 6) is 0.686. The first-order chi connectivity index (χ1) is 12.6. The number of nitrogens with zero attached hydrogens (tertiary/aromatic N) is 2. The Hall–Kier alpha value is -2.15. The van der Waals surface area contributed by atoms with Crippen LogP contribution in [0.25, 0.3) is 10.9 Å². The summed E-state index contributed by atoms with van der Waals surface area (Å²) < 4.78 is 10.4. The van der Waals surface area contributed by atoms with E-state index < -0.39 is 0 Å². The van der Waals surface area contributed by atoms with Gasteiger partial charge in [-0.1, -0.05) is 17.7 Å². The van der Waals surface area contributed by atoms with Gasteiger partial charge in [0, 0.05) is 37.2 Å². The van der Waals surface area contributed by atoms with E-state index in [2.05, 4.69) is 4.98 Å². The summed E-state index contributed by atoms with van der Waals surface area (Å²) >= 11 is 7.81. The fraction of sp³-hybridized carbons (Fsp3) is 0.263. The molecule has 0 radical (unpaired) electrons. The number of ether oxygens (including phenoxy) is 2. The Morgan fingerprint density at radius 1 is 1.27 bits per heavy atom. The van der Waals surface area contributed by atoms with E-state index in [-0.39, 0.29) is 5.91 Å². The van der Waals surface area contributed by atoms with Crippen LogP contribution in [0, 0.1) is 0 Å². The number of pyridine rings is 1. The molecule has 7 heteroatoms. The van der Waals surface area contributed by atoms with Gasteiger partial charge in [0.05, 0.1) is 24.1 Å². The average Bonchev–Trinajstić information content (AvgIpc) is 3.19. The molecule has 0 aliphatic rings. The highest BCUT2D eigenvalue weighted by Gasteiger charge is 2.19. The first-order valence-corrected chi connectivity index (χ1v) is 9.33. The molecule has 1 aromatic carbocycles. The van der Waals surface area contributed by atoms with Crippen molar-refractivity contribution >= 4 is 39.7 Å². The molecule has 0 unspecified atom stereocenters. The Balaban J connectivity index is 1.90. The number of carbonyl (C=O) groups is 1. The number of hydrogen-bond acceptors (Lipinski definition) is 5. The van der Waals surface area contributed by atoms with Crippen LogP contribution in [0.2, 0.25) is 5.15 Å². The lowest BCUT2D eigenvalue weighted by molar-refractivity contribution is 0.0685. The summed E-state index contributed by atoms with van der Waals surface area (Å²) in [7, 11) is 3.23. The van der Waals surface area contributed by atoms with E-state index in [1.54, 1.807) is 19.1 Å². The molecule has 5 nitrogen and oxygen atoms in total. The smallest absolute Gasteiger partial charge is 0.264 e. The zero-order chi connectivity index (χ0) is 18.5. The van der Waals surface area contributed by atoms with Gasteiger partial charge in [-0.05, 0) is 29.6 Å². The van der Waals surface area contributed by atoms with Crippen LogP contribution in [0.3, 0.4) is 0 Å². The molecule has 2 heterocycles. The van der Waals surface area contributed by atoms with Gasteiger partial charge >= 0.3 is 0 Å². The third-order valence-electron chi connectivity index (χ3n) is 4.00. The van der Waals surface area contributed by atoms with Gasteiger partial charge in [-0.25, -0.2) is 4.98 Å². The third kappa shape index (κ3) is 4.15. The van der Waals surface area contributed by atoms with Crippen molar-refractivity contribution in [2.45, 2.75) is 6.54 Å². The Labute approximate surface area is 161 Å². The maximum absolute atomic E-state index is 12.8. The molecule has 3 aromatic rings. The summed E-state index contributed by atoms with van der Waals surface area (Å²) in [5.41, 5.74) is 1.55. The summed E-state index contributed by atoms with van der Waals surface area (Å²) in [6.45, 7) is 1.30. The highest BCUT2D eigenvalue weighted by atomic mass is 35.5. The minimum Gasteiger partial charge on any atom is -0.497 e. The Morgan fingerprint density at radius 2 is 2.12 bits per heavy atom. The zero-order valence-electron chi connectivity index (χ0n) is 14.6. The number of halogens is 1. The minimum atomic E-state index is -0.0389. The van der Waals surface area contributed by atoms with Crippen molar-refractivity contribution in [1.82, 2.24) is 9.88 Å². The van der Waals surface area contributed by atoms with E-state index in [4.69, 9.17) is 21.1 Å². The summed E-state index contributed by atoms with van der Waals surface area (Å²) in [6, 6.07) is 11.3. The van der Waals surface area contributed by atoms with Gasteiger partial charge in [-0.2, -0.15) is 0 Å². The monoisotopic (exact) mass is 390 g/mol. The molecule has 26 heavy (non-hydrogen) atoms. The normalized spacial score (nSPS) is 10.9. The van der Waals surface area contributed by atoms with Crippen LogP contribution < -0.4 is 4.74 Å². The predicted molar refractivity (Wildman–Crippen MR) is 104 cm³/mol. The largest absolute Gasteiger partial charge is 0.497 e. The van der Waals surface area contributed by atoms with Gasteiger partial charge in [0.15, 0.2) is 0 Å². The molecule has 3 rings (SSSR count). The Kier molecular flexibility index (Phi) is 6.08. The molecule has 0 atom stereocenters. The summed E-state index contributed by atoms with van der Waals surface area (Å²) in [4.78, 5) is 19.7. The molecule has 0 saturated carbocycles. The number of benzene rings is 1. The van der Waals surface area contributed by atoms with Gasteiger partial charge in [0.1, 0.15) is 10.9 Å². The van der Waals surface area contributed by atoms with Crippen LogP contribution in [-0.4, -0.2) is 43.2 Å². The van der Waals surface area contributed by atoms with Gasteiger partial charge in [0.25, 0.3) is 5.91 Å². The number of thiophene rings is 1. The zero-order valence-corrected chi connectivity index (χ0v) is 16.1. The number of rotatable bonds is 7. The molecular formula is C19H19ClN2O3S. The maximum atomic E-state index is 12.8. The van der Waals surface area contributed by atoms with E-state index in [1.165, 1.54) is 11.3 Å². The van der Waals surface area contributed by atoms with Crippen molar-refractivity contribution in [2.75, 3.05) is 27.4 Å². The number of hydrogen-bond donors (Lipinski definition) is 0. The van der Waals surface area contributed by atoms with Gasteiger partial charge < -0.3 is 14.4 Å². The molecule has 1 amide bonds.